The molecule has 1 amide bonds. The summed E-state index contributed by atoms with van der Waals surface area (Å²) in [6.45, 7) is 7.44. The third kappa shape index (κ3) is 5.59. The fourth-order valence-electron chi connectivity index (χ4n) is 3.30. The Labute approximate surface area is 182 Å². The number of hydrogen-bond acceptors (Lipinski definition) is 3. The van der Waals surface area contributed by atoms with Crippen LogP contribution in [0.15, 0.2) is 27.6 Å². The minimum absolute atomic E-state index is 0. The average molecular weight is 502 g/mol. The Kier molecular flexibility index (Phi) is 8.53. The first kappa shape index (κ1) is 22.4. The first-order chi connectivity index (χ1) is 13.1. The molecule has 1 fully saturated rings. The summed E-state index contributed by atoms with van der Waals surface area (Å²) < 4.78 is 19.2. The van der Waals surface area contributed by atoms with E-state index in [4.69, 9.17) is 4.42 Å². The molecule has 1 aromatic heterocycles. The van der Waals surface area contributed by atoms with Crippen LogP contribution >= 0.6 is 24.0 Å². The van der Waals surface area contributed by atoms with Gasteiger partial charge in [0.15, 0.2) is 5.96 Å². The minimum atomic E-state index is -0.270. The summed E-state index contributed by atoms with van der Waals surface area (Å²) in [7, 11) is 0. The molecular weight excluding hydrogens is 474 g/mol. The average Bonchev–Trinajstić information content (AvgIpc) is 3.20. The van der Waals surface area contributed by atoms with Crippen molar-refractivity contribution in [3.8, 4) is 0 Å². The first-order valence-corrected chi connectivity index (χ1v) is 9.56. The van der Waals surface area contributed by atoms with Crippen molar-refractivity contribution in [2.24, 2.45) is 4.99 Å². The van der Waals surface area contributed by atoms with Gasteiger partial charge in [-0.1, -0.05) is 0 Å². The zero-order valence-corrected chi connectivity index (χ0v) is 18.7. The lowest BCUT2D eigenvalue weighted by Gasteiger charge is -2.16. The molecule has 0 unspecified atom stereocenters. The van der Waals surface area contributed by atoms with Crippen molar-refractivity contribution in [3.63, 3.8) is 0 Å². The number of guanidine groups is 1. The van der Waals surface area contributed by atoms with Crippen molar-refractivity contribution in [2.75, 3.05) is 26.2 Å². The highest BCUT2D eigenvalue weighted by atomic mass is 127. The van der Waals surface area contributed by atoms with Crippen molar-refractivity contribution in [3.05, 3.63) is 35.3 Å². The number of nitrogens with zero attached hydrogens (tertiary/aromatic N) is 2. The van der Waals surface area contributed by atoms with Gasteiger partial charge in [-0.25, -0.2) is 9.38 Å². The Morgan fingerprint density at radius 2 is 2.18 bits per heavy atom. The van der Waals surface area contributed by atoms with Gasteiger partial charge in [0.25, 0.3) is 0 Å². The van der Waals surface area contributed by atoms with E-state index >= 15 is 0 Å². The van der Waals surface area contributed by atoms with Crippen molar-refractivity contribution in [1.29, 1.82) is 0 Å². The van der Waals surface area contributed by atoms with Crippen LogP contribution in [0.25, 0.3) is 11.0 Å². The van der Waals surface area contributed by atoms with Crippen molar-refractivity contribution >= 4 is 46.8 Å². The van der Waals surface area contributed by atoms with E-state index in [1.54, 1.807) is 6.07 Å². The lowest BCUT2D eigenvalue weighted by molar-refractivity contribution is -0.127. The standard InChI is InChI=1S/C20H27FN4O2.HI/c1-3-22-20(23-9-5-11-25-10-4-6-19(25)26)24-13-18-14(2)16-12-15(21)7-8-17(16)27-18;/h7-8,12H,3-6,9-11,13H2,1-2H3,(H2,22,23,24);1H. The molecule has 1 aliphatic rings. The Morgan fingerprint density at radius 3 is 2.89 bits per heavy atom. The number of furan rings is 1. The van der Waals surface area contributed by atoms with E-state index < -0.39 is 0 Å². The van der Waals surface area contributed by atoms with Gasteiger partial charge < -0.3 is 20.0 Å². The summed E-state index contributed by atoms with van der Waals surface area (Å²) >= 11 is 0. The molecule has 1 aromatic carbocycles. The molecule has 1 saturated heterocycles. The maximum atomic E-state index is 13.4. The van der Waals surface area contributed by atoms with Crippen molar-refractivity contribution in [2.45, 2.75) is 39.7 Å². The summed E-state index contributed by atoms with van der Waals surface area (Å²) in [5, 5.41) is 7.29. The van der Waals surface area contributed by atoms with Crippen LogP contribution in [-0.2, 0) is 11.3 Å². The molecule has 0 aliphatic carbocycles. The normalized spacial score (nSPS) is 14.5. The van der Waals surface area contributed by atoms with Crippen molar-refractivity contribution in [1.82, 2.24) is 15.5 Å². The van der Waals surface area contributed by atoms with Gasteiger partial charge in [0.2, 0.25) is 5.91 Å². The summed E-state index contributed by atoms with van der Waals surface area (Å²) in [5.41, 5.74) is 1.59. The molecule has 154 valence electrons. The molecule has 1 aliphatic heterocycles. The van der Waals surface area contributed by atoms with E-state index in [1.165, 1.54) is 12.1 Å². The minimum Gasteiger partial charge on any atom is -0.459 e. The number of aryl methyl sites for hydroxylation is 1. The molecule has 2 aromatic rings. The molecule has 2 N–H and O–H groups in total. The Hall–Kier alpha value is -1.84. The molecule has 28 heavy (non-hydrogen) atoms. The predicted octanol–water partition coefficient (Wildman–Crippen LogP) is 3.57. The van der Waals surface area contributed by atoms with E-state index in [0.29, 0.717) is 24.5 Å². The molecule has 0 saturated carbocycles. The number of halogens is 2. The molecule has 0 bridgehead atoms. The Balaban J connectivity index is 0.00000280. The molecule has 8 heteroatoms. The summed E-state index contributed by atoms with van der Waals surface area (Å²) in [6.07, 6.45) is 2.52. The highest BCUT2D eigenvalue weighted by Gasteiger charge is 2.19. The second kappa shape index (κ2) is 10.6. The lowest BCUT2D eigenvalue weighted by atomic mass is 10.1. The number of carbonyl (C=O) groups is 1. The smallest absolute Gasteiger partial charge is 0.222 e. The van der Waals surface area contributed by atoms with Crippen LogP contribution in [0.5, 0.6) is 0 Å². The zero-order chi connectivity index (χ0) is 19.2. The largest absolute Gasteiger partial charge is 0.459 e. The van der Waals surface area contributed by atoms with Crippen LogP contribution in [0.4, 0.5) is 4.39 Å². The molecule has 0 radical (unpaired) electrons. The highest BCUT2D eigenvalue weighted by Crippen LogP contribution is 2.26. The van der Waals surface area contributed by atoms with E-state index in [9.17, 15) is 9.18 Å². The molecule has 0 spiro atoms. The topological polar surface area (TPSA) is 69.9 Å². The third-order valence-electron chi connectivity index (χ3n) is 4.79. The summed E-state index contributed by atoms with van der Waals surface area (Å²) in [5.74, 6) is 1.42. The highest BCUT2D eigenvalue weighted by molar-refractivity contribution is 14.0. The van der Waals surface area contributed by atoms with Crippen LogP contribution in [0, 0.1) is 12.7 Å². The molecular formula is C20H28FIN4O2. The van der Waals surface area contributed by atoms with E-state index in [0.717, 1.165) is 55.7 Å². The molecule has 2 heterocycles. The zero-order valence-electron chi connectivity index (χ0n) is 16.4. The van der Waals surface area contributed by atoms with Crippen LogP contribution in [-0.4, -0.2) is 42.9 Å². The monoisotopic (exact) mass is 502 g/mol. The number of fused-ring (bicyclic) bond motifs is 1. The van der Waals surface area contributed by atoms with Crippen LogP contribution in [0.3, 0.4) is 0 Å². The number of aliphatic imine (C=N–C) groups is 1. The van der Waals surface area contributed by atoms with Gasteiger partial charge in [0, 0.05) is 43.5 Å². The maximum Gasteiger partial charge on any atom is 0.222 e. The molecule has 3 rings (SSSR count). The fourth-order valence-corrected chi connectivity index (χ4v) is 3.30. The van der Waals surface area contributed by atoms with E-state index in [2.05, 4.69) is 15.6 Å². The molecule has 6 nitrogen and oxygen atoms in total. The van der Waals surface area contributed by atoms with Gasteiger partial charge in [-0.3, -0.25) is 4.79 Å². The SMILES string of the molecule is CCNC(=NCc1oc2ccc(F)cc2c1C)NCCCN1CCCC1=O.I. The number of hydrogen-bond donors (Lipinski definition) is 2. The Morgan fingerprint density at radius 1 is 1.36 bits per heavy atom. The number of likely N-dealkylation sites (tertiary alicyclic amines) is 1. The van der Waals surface area contributed by atoms with Gasteiger partial charge >= 0.3 is 0 Å². The van der Waals surface area contributed by atoms with E-state index in [-0.39, 0.29) is 35.7 Å². The quantitative estimate of drug-likeness (QED) is 0.263. The number of carbonyl (C=O) groups excluding carboxylic acids is 1. The number of nitrogens with one attached hydrogen (secondary N) is 2. The number of benzene rings is 1. The third-order valence-corrected chi connectivity index (χ3v) is 4.79. The number of amides is 1. The van der Waals surface area contributed by atoms with Crippen molar-refractivity contribution < 1.29 is 13.6 Å². The molecule has 0 atom stereocenters. The van der Waals surface area contributed by atoms with Gasteiger partial charge in [-0.15, -0.1) is 24.0 Å². The van der Waals surface area contributed by atoms with Crippen LogP contribution in [0.2, 0.25) is 0 Å². The van der Waals surface area contributed by atoms with Gasteiger partial charge in [-0.2, -0.15) is 0 Å². The predicted molar refractivity (Wildman–Crippen MR) is 120 cm³/mol. The summed E-state index contributed by atoms with van der Waals surface area (Å²) in [6, 6.07) is 4.54. The van der Waals surface area contributed by atoms with Gasteiger partial charge in [0.1, 0.15) is 23.7 Å². The van der Waals surface area contributed by atoms with Gasteiger partial charge in [0.05, 0.1) is 0 Å². The second-order valence-corrected chi connectivity index (χ2v) is 6.75. The Bertz CT molecular complexity index is 837. The van der Waals surface area contributed by atoms with Crippen LogP contribution < -0.4 is 10.6 Å². The maximum absolute atomic E-state index is 13.4. The lowest BCUT2D eigenvalue weighted by Crippen LogP contribution is -2.39. The summed E-state index contributed by atoms with van der Waals surface area (Å²) in [4.78, 5) is 18.1. The second-order valence-electron chi connectivity index (χ2n) is 6.75. The van der Waals surface area contributed by atoms with E-state index in [1.807, 2.05) is 18.7 Å². The first-order valence-electron chi connectivity index (χ1n) is 9.56. The van der Waals surface area contributed by atoms with Crippen LogP contribution in [0.1, 0.15) is 37.5 Å². The fraction of sp³-hybridized carbons (Fsp3) is 0.500. The van der Waals surface area contributed by atoms with Gasteiger partial charge in [-0.05, 0) is 44.9 Å². The number of rotatable bonds is 7.